The summed E-state index contributed by atoms with van der Waals surface area (Å²) in [7, 11) is 6.89. The Morgan fingerprint density at radius 2 is 1.72 bits per heavy atom. The molecule has 5 rings (SSSR count). The molecule has 2 aliphatic heterocycles. The zero-order valence-electron chi connectivity index (χ0n) is 30.0. The van der Waals surface area contributed by atoms with Crippen molar-refractivity contribution in [2.24, 2.45) is 0 Å². The number of amides is 1. The van der Waals surface area contributed by atoms with E-state index in [0.717, 1.165) is 41.2 Å². The van der Waals surface area contributed by atoms with Gasteiger partial charge in [0.25, 0.3) is 5.91 Å². The van der Waals surface area contributed by atoms with E-state index in [-0.39, 0.29) is 22.7 Å². The highest BCUT2D eigenvalue weighted by Gasteiger charge is 2.41. The van der Waals surface area contributed by atoms with Gasteiger partial charge in [0.1, 0.15) is 6.61 Å². The van der Waals surface area contributed by atoms with Gasteiger partial charge in [-0.05, 0) is 74.4 Å². The summed E-state index contributed by atoms with van der Waals surface area (Å²) in [5.41, 5.74) is 6.52. The predicted molar refractivity (Wildman–Crippen MR) is 208 cm³/mol. The smallest absolute Gasteiger partial charge is 0.260 e. The van der Waals surface area contributed by atoms with Crippen molar-refractivity contribution in [3.8, 4) is 11.5 Å². The van der Waals surface area contributed by atoms with Crippen LogP contribution < -0.4 is 24.6 Å². The summed E-state index contributed by atoms with van der Waals surface area (Å²) in [6.45, 7) is 11.2. The molecular formula is C38H50ClN3O6S2. The van der Waals surface area contributed by atoms with E-state index in [1.54, 1.807) is 31.1 Å². The summed E-state index contributed by atoms with van der Waals surface area (Å²) in [5.74, 6) is 1.41. The second-order valence-electron chi connectivity index (χ2n) is 13.1. The van der Waals surface area contributed by atoms with Crippen molar-refractivity contribution >= 4 is 56.2 Å². The molecule has 2 atom stereocenters. The Kier molecular flexibility index (Phi) is 13.9. The van der Waals surface area contributed by atoms with Crippen LogP contribution in [0.2, 0.25) is 0 Å². The van der Waals surface area contributed by atoms with Gasteiger partial charge >= 0.3 is 0 Å². The van der Waals surface area contributed by atoms with E-state index >= 15 is 0 Å². The van der Waals surface area contributed by atoms with Crippen LogP contribution in [0.3, 0.4) is 0 Å². The number of hydrogen-bond acceptors (Lipinski definition) is 10. The average Bonchev–Trinajstić information content (AvgIpc) is 3.46. The molecule has 0 spiro atoms. The monoisotopic (exact) mass is 743 g/mol. The number of rotatable bonds is 19. The molecule has 0 radical (unpaired) electrons. The van der Waals surface area contributed by atoms with Crippen LogP contribution in [-0.4, -0.2) is 89.3 Å². The van der Waals surface area contributed by atoms with Crippen molar-refractivity contribution in [1.82, 2.24) is 0 Å². The summed E-state index contributed by atoms with van der Waals surface area (Å²) in [4.78, 5) is 18.3. The van der Waals surface area contributed by atoms with E-state index in [0.29, 0.717) is 69.1 Å². The molecule has 272 valence electrons. The van der Waals surface area contributed by atoms with E-state index < -0.39 is 0 Å². The third kappa shape index (κ3) is 9.54. The lowest BCUT2D eigenvalue weighted by molar-refractivity contribution is 0.0264. The number of fused-ring (bicyclic) bond motifs is 4. The van der Waals surface area contributed by atoms with Crippen LogP contribution in [-0.2, 0) is 33.1 Å². The standard InChI is InChI=1S/C38H50ClN3O6S2/c1-26-34-20-29-9-7-8-10-33(29)42(34)37(43)31-21-35(45-5)36(22-32(31)40-26)48-24-28-17-27(23-39)18-30(19-28)41(25-38(2,3)50-49-6)11-12-46-15-16-47-14-13-44-4/h7-10,17-19,21-22,26,34,40H,11-16,20,23-25H2,1-6H3/t26?,34-/m0/s1. The Hall–Kier alpha value is -2.80. The average molecular weight is 744 g/mol. The van der Waals surface area contributed by atoms with Crippen molar-refractivity contribution in [1.29, 1.82) is 0 Å². The summed E-state index contributed by atoms with van der Waals surface area (Å²) in [5, 5.41) is 3.61. The first kappa shape index (κ1) is 38.4. The molecule has 0 saturated heterocycles. The van der Waals surface area contributed by atoms with Gasteiger partial charge in [0.15, 0.2) is 11.5 Å². The molecule has 9 nitrogen and oxygen atoms in total. The van der Waals surface area contributed by atoms with E-state index in [1.165, 1.54) is 5.56 Å². The van der Waals surface area contributed by atoms with Gasteiger partial charge in [-0.15, -0.1) is 11.6 Å². The maximum atomic E-state index is 14.0. The van der Waals surface area contributed by atoms with E-state index in [4.69, 9.17) is 35.3 Å². The Labute approximate surface area is 310 Å². The van der Waals surface area contributed by atoms with Crippen molar-refractivity contribution < 1.29 is 28.5 Å². The van der Waals surface area contributed by atoms with E-state index in [9.17, 15) is 4.79 Å². The molecule has 0 fully saturated rings. The number of alkyl halides is 1. The second kappa shape index (κ2) is 18.1. The zero-order valence-corrected chi connectivity index (χ0v) is 32.3. The van der Waals surface area contributed by atoms with Crippen LogP contribution in [0.4, 0.5) is 17.1 Å². The largest absolute Gasteiger partial charge is 0.493 e. The molecule has 0 saturated carbocycles. The number of ether oxygens (including phenoxy) is 5. The number of halogens is 1. The topological polar surface area (TPSA) is 81.7 Å². The minimum atomic E-state index is -0.0404. The first-order chi connectivity index (χ1) is 24.2. The number of hydrogen-bond donors (Lipinski definition) is 1. The molecule has 12 heteroatoms. The Morgan fingerprint density at radius 3 is 2.46 bits per heavy atom. The van der Waals surface area contributed by atoms with Gasteiger partial charge < -0.3 is 38.8 Å². The van der Waals surface area contributed by atoms with E-state index in [1.807, 2.05) is 40.0 Å². The molecule has 1 amide bonds. The molecule has 1 unspecified atom stereocenters. The minimum absolute atomic E-state index is 0.00969. The number of carbonyl (C=O) groups excluding carboxylic acids is 1. The predicted octanol–water partition coefficient (Wildman–Crippen LogP) is 7.67. The van der Waals surface area contributed by atoms with Gasteiger partial charge in [-0.1, -0.05) is 45.9 Å². The van der Waals surface area contributed by atoms with Gasteiger partial charge in [-0.3, -0.25) is 4.79 Å². The van der Waals surface area contributed by atoms with E-state index in [2.05, 4.69) is 61.5 Å². The second-order valence-corrected chi connectivity index (χ2v) is 16.5. The van der Waals surface area contributed by atoms with Crippen molar-refractivity contribution in [2.45, 2.75) is 56.5 Å². The summed E-state index contributed by atoms with van der Waals surface area (Å²) in [6, 6.07) is 18.3. The normalized spacial score (nSPS) is 16.7. The number of nitrogens with one attached hydrogen (secondary N) is 1. The molecule has 1 N–H and O–H groups in total. The van der Waals surface area contributed by atoms with Gasteiger partial charge in [-0.25, -0.2) is 0 Å². The Balaban J connectivity index is 1.34. The lowest BCUT2D eigenvalue weighted by Crippen LogP contribution is -2.44. The van der Waals surface area contributed by atoms with Crippen LogP contribution >= 0.6 is 33.2 Å². The number of nitrogens with zero attached hydrogens (tertiary/aromatic N) is 2. The zero-order chi connectivity index (χ0) is 35.7. The molecule has 2 aliphatic rings. The van der Waals surface area contributed by atoms with Crippen molar-refractivity contribution in [2.75, 3.05) is 81.7 Å². The fourth-order valence-corrected chi connectivity index (χ4v) is 8.90. The highest BCUT2D eigenvalue weighted by atomic mass is 35.5. The fourth-order valence-electron chi connectivity index (χ4n) is 6.57. The molecular weight excluding hydrogens is 694 g/mol. The summed E-state index contributed by atoms with van der Waals surface area (Å²) in [6.07, 6.45) is 2.92. The highest BCUT2D eigenvalue weighted by Crippen LogP contribution is 2.42. The molecule has 0 aliphatic carbocycles. The highest BCUT2D eigenvalue weighted by molar-refractivity contribution is 8.77. The van der Waals surface area contributed by atoms with Crippen LogP contribution in [0.5, 0.6) is 11.5 Å². The van der Waals surface area contributed by atoms with Crippen LogP contribution in [0, 0.1) is 0 Å². The fraction of sp³-hybridized carbons (Fsp3) is 0.500. The molecule has 0 aromatic heterocycles. The SMILES string of the molecule is COCCOCCOCCN(CC(C)(C)SSC)c1cc(CCl)cc(COc2cc3c(cc2OC)C(=O)N2c4ccccc4C[C@H]2C(C)N3)c1. The Morgan fingerprint density at radius 1 is 0.980 bits per heavy atom. The number of methoxy groups -OCH3 is 2. The van der Waals surface area contributed by atoms with Gasteiger partial charge in [0.05, 0.1) is 57.4 Å². The molecule has 2 heterocycles. The number of anilines is 3. The maximum absolute atomic E-state index is 14.0. The maximum Gasteiger partial charge on any atom is 0.260 e. The molecule has 0 bridgehead atoms. The minimum Gasteiger partial charge on any atom is -0.493 e. The van der Waals surface area contributed by atoms with Gasteiger partial charge in [0, 0.05) is 54.3 Å². The molecule has 3 aromatic rings. The van der Waals surface area contributed by atoms with Gasteiger partial charge in [-0.2, -0.15) is 0 Å². The lowest BCUT2D eigenvalue weighted by atomic mass is 10.0. The number of para-hydroxylation sites is 1. The summed E-state index contributed by atoms with van der Waals surface area (Å²) < 4.78 is 28.8. The van der Waals surface area contributed by atoms with Crippen LogP contribution in [0.15, 0.2) is 54.6 Å². The molecule has 50 heavy (non-hydrogen) atoms. The van der Waals surface area contributed by atoms with Gasteiger partial charge in [0.2, 0.25) is 0 Å². The van der Waals surface area contributed by atoms with Crippen molar-refractivity contribution in [3.63, 3.8) is 0 Å². The third-order valence-corrected chi connectivity index (χ3v) is 11.8. The first-order valence-electron chi connectivity index (χ1n) is 17.0. The number of benzene rings is 3. The van der Waals surface area contributed by atoms with Crippen LogP contribution in [0.25, 0.3) is 0 Å². The van der Waals surface area contributed by atoms with Crippen molar-refractivity contribution in [3.05, 3.63) is 76.9 Å². The number of carbonyl (C=O) groups is 1. The first-order valence-corrected chi connectivity index (χ1v) is 20.1. The lowest BCUT2D eigenvalue weighted by Gasteiger charge is -2.34. The third-order valence-electron chi connectivity index (χ3n) is 8.87. The summed E-state index contributed by atoms with van der Waals surface area (Å²) >= 11 is 6.44. The van der Waals surface area contributed by atoms with Crippen LogP contribution in [0.1, 0.15) is 47.8 Å². The Bertz CT molecular complexity index is 1590. The molecule has 3 aromatic carbocycles. The quantitative estimate of drug-likeness (QED) is 0.0751.